The number of primary amides is 1. The fourth-order valence-corrected chi connectivity index (χ4v) is 4.78. The summed E-state index contributed by atoms with van der Waals surface area (Å²) in [5.41, 5.74) is 12.0. The maximum atomic E-state index is 12.8. The van der Waals surface area contributed by atoms with E-state index in [0.717, 1.165) is 33.6 Å². The molecule has 0 radical (unpaired) electrons. The van der Waals surface area contributed by atoms with Crippen molar-refractivity contribution in [2.75, 3.05) is 5.32 Å². The summed E-state index contributed by atoms with van der Waals surface area (Å²) in [6.45, 7) is 1.58. The Labute approximate surface area is 218 Å². The highest BCUT2D eigenvalue weighted by molar-refractivity contribution is 6.33. The lowest BCUT2D eigenvalue weighted by molar-refractivity contribution is -0.116. The minimum atomic E-state index is -0.591. The quantitative estimate of drug-likeness (QED) is 0.351. The Morgan fingerprint density at radius 3 is 2.57 bits per heavy atom. The van der Waals surface area contributed by atoms with E-state index in [4.69, 9.17) is 17.3 Å². The third-order valence-corrected chi connectivity index (χ3v) is 6.74. The smallest absolute Gasteiger partial charge is 0.269 e. The molecule has 186 valence electrons. The van der Waals surface area contributed by atoms with Crippen LogP contribution in [0.2, 0.25) is 5.15 Å². The van der Waals surface area contributed by atoms with E-state index in [9.17, 15) is 14.4 Å². The highest BCUT2D eigenvalue weighted by Gasteiger charge is 2.28. The van der Waals surface area contributed by atoms with Crippen LogP contribution in [0.15, 0.2) is 60.8 Å². The molecule has 1 aliphatic rings. The van der Waals surface area contributed by atoms with Gasteiger partial charge in [0.15, 0.2) is 5.69 Å². The fraction of sp³-hybridized carbons (Fsp3) is 0.179. The number of nitrogens with one attached hydrogen (secondary N) is 1. The van der Waals surface area contributed by atoms with Gasteiger partial charge >= 0.3 is 0 Å². The number of Topliss-reactive ketones (excluding diaryl/α,β-unsaturated/α-hetero) is 1. The number of aryl methyl sites for hydroxylation is 2. The summed E-state index contributed by atoms with van der Waals surface area (Å²) in [6, 6.07) is 16.7. The molecule has 0 fully saturated rings. The number of halogens is 1. The lowest BCUT2D eigenvalue weighted by Gasteiger charge is -2.20. The second-order valence-corrected chi connectivity index (χ2v) is 9.35. The van der Waals surface area contributed by atoms with Crippen molar-refractivity contribution in [1.29, 1.82) is 0 Å². The first-order chi connectivity index (χ1) is 17.8. The first kappa shape index (κ1) is 24.4. The van der Waals surface area contributed by atoms with Gasteiger partial charge in [0, 0.05) is 29.4 Å². The zero-order valence-corrected chi connectivity index (χ0v) is 20.9. The van der Waals surface area contributed by atoms with Crippen LogP contribution < -0.4 is 11.1 Å². The Morgan fingerprint density at radius 2 is 1.86 bits per heavy atom. The van der Waals surface area contributed by atoms with Crippen molar-refractivity contribution in [2.24, 2.45) is 5.73 Å². The first-order valence-corrected chi connectivity index (χ1v) is 12.2. The monoisotopic (exact) mass is 513 g/mol. The average Bonchev–Trinajstić information content (AvgIpc) is 3.28. The van der Waals surface area contributed by atoms with Gasteiger partial charge in [0.2, 0.25) is 0 Å². The zero-order chi connectivity index (χ0) is 26.1. The van der Waals surface area contributed by atoms with Crippen LogP contribution in [0.1, 0.15) is 50.9 Å². The van der Waals surface area contributed by atoms with Crippen LogP contribution in [-0.2, 0) is 24.1 Å². The molecule has 0 bridgehead atoms. The van der Waals surface area contributed by atoms with Crippen molar-refractivity contribution in [3.05, 3.63) is 93.9 Å². The zero-order valence-electron chi connectivity index (χ0n) is 20.1. The van der Waals surface area contributed by atoms with Crippen molar-refractivity contribution in [3.8, 4) is 16.9 Å². The number of amides is 2. The van der Waals surface area contributed by atoms with Gasteiger partial charge in [0.1, 0.15) is 10.9 Å². The number of nitrogens with zero attached hydrogens (tertiary/aromatic N) is 3. The van der Waals surface area contributed by atoms with Crippen LogP contribution in [0.3, 0.4) is 0 Å². The van der Waals surface area contributed by atoms with Crippen molar-refractivity contribution in [3.63, 3.8) is 0 Å². The van der Waals surface area contributed by atoms with Gasteiger partial charge in [-0.15, -0.1) is 0 Å². The average molecular weight is 514 g/mol. The summed E-state index contributed by atoms with van der Waals surface area (Å²) in [5, 5.41) is 7.60. The molecule has 2 aromatic heterocycles. The van der Waals surface area contributed by atoms with E-state index < -0.39 is 5.91 Å². The van der Waals surface area contributed by atoms with Crippen LogP contribution in [-0.4, -0.2) is 32.4 Å². The molecule has 2 amide bonds. The third-order valence-electron chi connectivity index (χ3n) is 6.43. The van der Waals surface area contributed by atoms with E-state index in [1.165, 1.54) is 6.20 Å². The maximum Gasteiger partial charge on any atom is 0.269 e. The van der Waals surface area contributed by atoms with Gasteiger partial charge in [-0.05, 0) is 73.7 Å². The Morgan fingerprint density at radius 1 is 1.08 bits per heavy atom. The number of aromatic nitrogens is 3. The number of hydrogen-bond acceptors (Lipinski definition) is 5. The lowest BCUT2D eigenvalue weighted by atomic mass is 9.88. The first-order valence-electron chi connectivity index (χ1n) is 11.9. The fourth-order valence-electron chi connectivity index (χ4n) is 4.58. The van der Waals surface area contributed by atoms with Crippen molar-refractivity contribution in [2.45, 2.75) is 32.6 Å². The predicted molar refractivity (Wildman–Crippen MR) is 141 cm³/mol. The molecule has 4 aromatic rings. The molecule has 2 heterocycles. The van der Waals surface area contributed by atoms with Gasteiger partial charge in [-0.3, -0.25) is 9.59 Å². The van der Waals surface area contributed by atoms with Gasteiger partial charge in [0.05, 0.1) is 16.9 Å². The van der Waals surface area contributed by atoms with Crippen LogP contribution >= 0.6 is 11.6 Å². The minimum Gasteiger partial charge on any atom is -0.364 e. The maximum absolute atomic E-state index is 12.8. The molecular weight excluding hydrogens is 490 g/mol. The highest BCUT2D eigenvalue weighted by Crippen LogP contribution is 2.38. The summed E-state index contributed by atoms with van der Waals surface area (Å²) in [4.78, 5) is 40.4. The molecule has 9 heteroatoms. The van der Waals surface area contributed by atoms with Crippen molar-refractivity contribution in [1.82, 2.24) is 14.8 Å². The molecule has 0 unspecified atom stereocenters. The number of anilines is 1. The Hall–Kier alpha value is -4.30. The molecule has 37 heavy (non-hydrogen) atoms. The summed E-state index contributed by atoms with van der Waals surface area (Å²) in [5.74, 6) is -0.824. The van der Waals surface area contributed by atoms with Crippen molar-refractivity contribution < 1.29 is 14.4 Å². The lowest BCUT2D eigenvalue weighted by Crippen LogP contribution is -2.16. The third kappa shape index (κ3) is 4.88. The number of benzene rings is 2. The molecular formula is C28H24ClN5O3. The molecule has 8 nitrogen and oxygen atoms in total. The molecule has 0 saturated heterocycles. The predicted octanol–water partition coefficient (Wildman–Crippen LogP) is 4.56. The number of carbonyl (C=O) groups excluding carboxylic acids is 3. The number of rotatable bonds is 7. The van der Waals surface area contributed by atoms with E-state index in [2.05, 4.69) is 15.4 Å². The molecule has 0 aliphatic heterocycles. The number of hydrogen-bond donors (Lipinski definition) is 2. The molecule has 0 saturated carbocycles. The number of pyridine rings is 1. The van der Waals surface area contributed by atoms with Gasteiger partial charge in [-0.1, -0.05) is 29.8 Å². The van der Waals surface area contributed by atoms with Crippen LogP contribution in [0.4, 0.5) is 5.69 Å². The molecule has 3 N–H and O–H groups in total. The van der Waals surface area contributed by atoms with Gasteiger partial charge < -0.3 is 15.8 Å². The molecule has 2 aromatic carbocycles. The Kier molecular flexibility index (Phi) is 6.58. The summed E-state index contributed by atoms with van der Waals surface area (Å²) >= 11 is 6.09. The second kappa shape index (κ2) is 9.99. The van der Waals surface area contributed by atoms with Crippen LogP contribution in [0.25, 0.3) is 16.9 Å². The number of nitrogens with two attached hydrogens (primary N) is 1. The van der Waals surface area contributed by atoms with Gasteiger partial charge in [-0.2, -0.15) is 5.10 Å². The number of ketones is 1. The number of fused-ring (bicyclic) bond motifs is 3. The summed E-state index contributed by atoms with van der Waals surface area (Å²) in [7, 11) is 0. The Balaban J connectivity index is 1.54. The van der Waals surface area contributed by atoms with Gasteiger partial charge in [-0.25, -0.2) is 9.67 Å². The molecule has 0 atom stereocenters. The van der Waals surface area contributed by atoms with Crippen LogP contribution in [0.5, 0.6) is 0 Å². The molecule has 1 aliphatic carbocycles. The second-order valence-electron chi connectivity index (χ2n) is 8.99. The van der Waals surface area contributed by atoms with E-state index in [1.54, 1.807) is 23.7 Å². The van der Waals surface area contributed by atoms with Crippen molar-refractivity contribution >= 4 is 34.9 Å². The van der Waals surface area contributed by atoms with E-state index in [-0.39, 0.29) is 28.1 Å². The Bertz CT molecular complexity index is 1540. The van der Waals surface area contributed by atoms with Crippen LogP contribution in [0, 0.1) is 0 Å². The van der Waals surface area contributed by atoms with Gasteiger partial charge in [0.25, 0.3) is 11.8 Å². The summed E-state index contributed by atoms with van der Waals surface area (Å²) < 4.78 is 1.73. The number of carbonyl (C=O) groups is 3. The standard InChI is InChI=1S/C28H24ClN5O3/c1-16(35)4-5-17-6-11-20(12-7-17)34-25-21(24(33-34)27(30)36)13-9-18-8-10-19(15-23(18)25)32-28(37)22-3-2-14-31-26(22)29/h2-3,6-8,10-12,14-15H,4-5,9,13H2,1H3,(H2,30,36)(H,32,37). The van der Waals surface area contributed by atoms with E-state index in [0.29, 0.717) is 31.4 Å². The highest BCUT2D eigenvalue weighted by atomic mass is 35.5. The summed E-state index contributed by atoms with van der Waals surface area (Å²) in [6.07, 6.45) is 3.99. The normalized spacial score (nSPS) is 11.9. The molecule has 0 spiro atoms. The minimum absolute atomic E-state index is 0.121. The molecule has 5 rings (SSSR count). The largest absolute Gasteiger partial charge is 0.364 e. The van der Waals surface area contributed by atoms with E-state index >= 15 is 0 Å². The SMILES string of the molecule is CC(=O)CCc1ccc(-n2nc(C(N)=O)c3c2-c2cc(NC(=O)c4cccnc4Cl)ccc2CC3)cc1. The topological polar surface area (TPSA) is 120 Å². The van der Waals surface area contributed by atoms with E-state index in [1.807, 2.05) is 42.5 Å².